The van der Waals surface area contributed by atoms with Gasteiger partial charge in [-0.05, 0) is 31.9 Å². The summed E-state index contributed by atoms with van der Waals surface area (Å²) in [6.07, 6.45) is 1.01. The zero-order valence-corrected chi connectivity index (χ0v) is 10.8. The lowest BCUT2D eigenvalue weighted by molar-refractivity contribution is -0.146. The van der Waals surface area contributed by atoms with Crippen molar-refractivity contribution in [3.8, 4) is 5.75 Å². The summed E-state index contributed by atoms with van der Waals surface area (Å²) in [6, 6.07) is 7.42. The second kappa shape index (κ2) is 5.73. The van der Waals surface area contributed by atoms with Crippen molar-refractivity contribution in [2.75, 3.05) is 6.61 Å². The number of carbonyl (C=O) groups excluding carboxylic acids is 1. The van der Waals surface area contributed by atoms with Crippen LogP contribution in [0.1, 0.15) is 18.4 Å². The van der Waals surface area contributed by atoms with Gasteiger partial charge in [0, 0.05) is 6.04 Å². The van der Waals surface area contributed by atoms with E-state index in [9.17, 15) is 9.59 Å². The SMILES string of the molecule is Cc1ccc(OCC(=O)NC2CC(C(=O)O)C2)cc1. The van der Waals surface area contributed by atoms with Gasteiger partial charge in [-0.2, -0.15) is 0 Å². The van der Waals surface area contributed by atoms with Gasteiger partial charge < -0.3 is 15.2 Å². The lowest BCUT2D eigenvalue weighted by Crippen LogP contribution is -2.48. The monoisotopic (exact) mass is 263 g/mol. The summed E-state index contributed by atoms with van der Waals surface area (Å²) < 4.78 is 5.34. The van der Waals surface area contributed by atoms with E-state index >= 15 is 0 Å². The normalized spacial score (nSPS) is 21.3. The van der Waals surface area contributed by atoms with Gasteiger partial charge >= 0.3 is 5.97 Å². The first kappa shape index (κ1) is 13.4. The molecule has 2 rings (SSSR count). The van der Waals surface area contributed by atoms with E-state index < -0.39 is 5.97 Å². The van der Waals surface area contributed by atoms with Crippen LogP contribution in [0.25, 0.3) is 0 Å². The number of ether oxygens (including phenoxy) is 1. The van der Waals surface area contributed by atoms with E-state index in [2.05, 4.69) is 5.32 Å². The highest BCUT2D eigenvalue weighted by molar-refractivity contribution is 5.78. The van der Waals surface area contributed by atoms with E-state index in [0.29, 0.717) is 18.6 Å². The van der Waals surface area contributed by atoms with Gasteiger partial charge in [0.1, 0.15) is 5.75 Å². The molecule has 0 atom stereocenters. The molecule has 0 aromatic heterocycles. The maximum absolute atomic E-state index is 11.6. The van der Waals surface area contributed by atoms with Crippen LogP contribution < -0.4 is 10.1 Å². The summed E-state index contributed by atoms with van der Waals surface area (Å²) in [4.78, 5) is 22.2. The third kappa shape index (κ3) is 3.71. The first-order valence-corrected chi connectivity index (χ1v) is 6.26. The van der Waals surface area contributed by atoms with Crippen molar-refractivity contribution in [2.24, 2.45) is 5.92 Å². The van der Waals surface area contributed by atoms with Crippen LogP contribution in [0.2, 0.25) is 0 Å². The van der Waals surface area contributed by atoms with Crippen LogP contribution in [-0.2, 0) is 9.59 Å². The van der Waals surface area contributed by atoms with Crippen molar-refractivity contribution in [1.82, 2.24) is 5.32 Å². The molecule has 0 aliphatic heterocycles. The fourth-order valence-corrected chi connectivity index (χ4v) is 1.99. The summed E-state index contributed by atoms with van der Waals surface area (Å²) in [5, 5.41) is 11.5. The van der Waals surface area contributed by atoms with Gasteiger partial charge in [0.15, 0.2) is 6.61 Å². The first-order valence-electron chi connectivity index (χ1n) is 6.26. The van der Waals surface area contributed by atoms with E-state index in [-0.39, 0.29) is 24.5 Å². The second-order valence-corrected chi connectivity index (χ2v) is 4.87. The summed E-state index contributed by atoms with van der Waals surface area (Å²) in [5.74, 6) is -0.670. The molecule has 0 unspecified atom stereocenters. The Hall–Kier alpha value is -2.04. The lowest BCUT2D eigenvalue weighted by Gasteiger charge is -2.32. The average molecular weight is 263 g/mol. The topological polar surface area (TPSA) is 75.6 Å². The number of benzene rings is 1. The number of hydrogen-bond acceptors (Lipinski definition) is 3. The van der Waals surface area contributed by atoms with Crippen molar-refractivity contribution >= 4 is 11.9 Å². The van der Waals surface area contributed by atoms with Crippen molar-refractivity contribution in [1.29, 1.82) is 0 Å². The molecule has 0 saturated heterocycles. The van der Waals surface area contributed by atoms with E-state index in [0.717, 1.165) is 5.56 Å². The number of hydrogen-bond donors (Lipinski definition) is 2. The van der Waals surface area contributed by atoms with Crippen LogP contribution in [0.3, 0.4) is 0 Å². The van der Waals surface area contributed by atoms with Crippen LogP contribution in [0.4, 0.5) is 0 Å². The van der Waals surface area contributed by atoms with Crippen molar-refractivity contribution < 1.29 is 19.4 Å². The molecule has 1 fully saturated rings. The molecule has 1 saturated carbocycles. The average Bonchev–Trinajstić information content (AvgIpc) is 2.32. The number of carbonyl (C=O) groups is 2. The van der Waals surface area contributed by atoms with Gasteiger partial charge in [-0.25, -0.2) is 0 Å². The summed E-state index contributed by atoms with van der Waals surface area (Å²) in [7, 11) is 0. The molecule has 1 aromatic rings. The van der Waals surface area contributed by atoms with Crippen LogP contribution in [-0.4, -0.2) is 29.6 Å². The van der Waals surface area contributed by atoms with Gasteiger partial charge in [0.05, 0.1) is 5.92 Å². The molecule has 5 nitrogen and oxygen atoms in total. The predicted octanol–water partition coefficient (Wildman–Crippen LogP) is 1.35. The molecular weight excluding hydrogens is 246 g/mol. The maximum Gasteiger partial charge on any atom is 0.306 e. The van der Waals surface area contributed by atoms with Crippen LogP contribution >= 0.6 is 0 Å². The third-order valence-corrected chi connectivity index (χ3v) is 3.24. The summed E-state index contributed by atoms with van der Waals surface area (Å²) in [5.41, 5.74) is 1.13. The maximum atomic E-state index is 11.6. The Labute approximate surface area is 111 Å². The molecule has 0 radical (unpaired) electrons. The van der Waals surface area contributed by atoms with Crippen LogP contribution in [0, 0.1) is 12.8 Å². The van der Waals surface area contributed by atoms with Gasteiger partial charge in [-0.15, -0.1) is 0 Å². The summed E-state index contributed by atoms with van der Waals surface area (Å²) >= 11 is 0. The van der Waals surface area contributed by atoms with Crippen molar-refractivity contribution in [3.63, 3.8) is 0 Å². The first-order chi connectivity index (χ1) is 9.04. The Morgan fingerprint density at radius 2 is 1.95 bits per heavy atom. The Balaban J connectivity index is 1.68. The van der Waals surface area contributed by atoms with E-state index in [1.54, 1.807) is 0 Å². The smallest absolute Gasteiger partial charge is 0.306 e. The van der Waals surface area contributed by atoms with Crippen LogP contribution in [0.15, 0.2) is 24.3 Å². The molecule has 0 heterocycles. The number of aliphatic carboxylic acids is 1. The Bertz CT molecular complexity index is 463. The number of amides is 1. The van der Waals surface area contributed by atoms with Gasteiger partial charge in [-0.1, -0.05) is 17.7 Å². The minimum absolute atomic E-state index is 0.0322. The van der Waals surface area contributed by atoms with E-state index in [1.807, 2.05) is 31.2 Å². The highest BCUT2D eigenvalue weighted by atomic mass is 16.5. The molecule has 0 bridgehead atoms. The van der Waals surface area contributed by atoms with Gasteiger partial charge in [0.25, 0.3) is 5.91 Å². The molecule has 19 heavy (non-hydrogen) atoms. The summed E-state index contributed by atoms with van der Waals surface area (Å²) in [6.45, 7) is 1.93. The van der Waals surface area contributed by atoms with Crippen LogP contribution in [0.5, 0.6) is 5.75 Å². The second-order valence-electron chi connectivity index (χ2n) is 4.87. The Morgan fingerprint density at radius 3 is 2.53 bits per heavy atom. The predicted molar refractivity (Wildman–Crippen MR) is 69.0 cm³/mol. The molecular formula is C14H17NO4. The number of rotatable bonds is 5. The molecule has 1 aromatic carbocycles. The largest absolute Gasteiger partial charge is 0.484 e. The van der Waals surface area contributed by atoms with Crippen molar-refractivity contribution in [3.05, 3.63) is 29.8 Å². The molecule has 102 valence electrons. The van der Waals surface area contributed by atoms with Gasteiger partial charge in [0.2, 0.25) is 0 Å². The fraction of sp³-hybridized carbons (Fsp3) is 0.429. The van der Waals surface area contributed by atoms with Crippen molar-refractivity contribution in [2.45, 2.75) is 25.8 Å². The molecule has 2 N–H and O–H groups in total. The van der Waals surface area contributed by atoms with E-state index in [1.165, 1.54) is 0 Å². The third-order valence-electron chi connectivity index (χ3n) is 3.24. The molecule has 1 aliphatic carbocycles. The number of carboxylic acids is 1. The molecule has 0 spiro atoms. The fourth-order valence-electron chi connectivity index (χ4n) is 1.99. The number of carboxylic acid groups (broad SMARTS) is 1. The molecule has 5 heteroatoms. The number of nitrogens with one attached hydrogen (secondary N) is 1. The zero-order valence-electron chi connectivity index (χ0n) is 10.8. The Kier molecular flexibility index (Phi) is 4.04. The molecule has 1 aliphatic rings. The minimum atomic E-state index is -0.790. The zero-order chi connectivity index (χ0) is 13.8. The quantitative estimate of drug-likeness (QED) is 0.841. The highest BCUT2D eigenvalue weighted by Gasteiger charge is 2.35. The Morgan fingerprint density at radius 1 is 1.32 bits per heavy atom. The lowest BCUT2D eigenvalue weighted by atomic mass is 9.80. The number of aryl methyl sites for hydroxylation is 1. The van der Waals surface area contributed by atoms with Gasteiger partial charge in [-0.3, -0.25) is 9.59 Å². The molecule has 1 amide bonds. The standard InChI is InChI=1S/C14H17NO4/c1-9-2-4-12(5-3-9)19-8-13(16)15-11-6-10(7-11)14(17)18/h2-5,10-11H,6-8H2,1H3,(H,15,16)(H,17,18). The minimum Gasteiger partial charge on any atom is -0.484 e. The van der Waals surface area contributed by atoms with E-state index in [4.69, 9.17) is 9.84 Å². The highest BCUT2D eigenvalue weighted by Crippen LogP contribution is 2.27.